The van der Waals surface area contributed by atoms with E-state index in [4.69, 9.17) is 0 Å². The molecule has 0 aliphatic carbocycles. The molecule has 0 aromatic carbocycles. The fourth-order valence-electron chi connectivity index (χ4n) is 0.904. The number of hydrogen-bond donors (Lipinski definition) is 1. The molecule has 0 aromatic rings. The molecule has 2 heteroatoms. The molecule has 0 saturated heterocycles. The van der Waals surface area contributed by atoms with Gasteiger partial charge in [-0.05, 0) is 20.4 Å². The van der Waals surface area contributed by atoms with Crippen molar-refractivity contribution in [1.29, 1.82) is 0 Å². The zero-order chi connectivity index (χ0) is 14.7. The SMILES string of the molecule is CC.CCC.CCCCCC(C)C(C)=O.CN. The molecule has 17 heavy (non-hydrogen) atoms. The first kappa shape index (κ1) is 25.5. The van der Waals surface area contributed by atoms with Gasteiger partial charge in [-0.15, -0.1) is 0 Å². The highest BCUT2D eigenvalue weighted by Gasteiger charge is 2.05. The number of ketones is 1. The first-order valence-electron chi connectivity index (χ1n) is 7.18. The lowest BCUT2D eigenvalue weighted by Crippen LogP contribution is -2.05. The summed E-state index contributed by atoms with van der Waals surface area (Å²) in [4.78, 5) is 10.7. The van der Waals surface area contributed by atoms with Gasteiger partial charge in [0.05, 0.1) is 0 Å². The lowest BCUT2D eigenvalue weighted by atomic mass is 10.0. The van der Waals surface area contributed by atoms with Gasteiger partial charge in [-0.1, -0.05) is 67.2 Å². The number of unbranched alkanes of at least 4 members (excludes halogenated alkanes) is 2. The summed E-state index contributed by atoms with van der Waals surface area (Å²) in [6.45, 7) is 14.1. The van der Waals surface area contributed by atoms with Gasteiger partial charge in [-0.3, -0.25) is 4.79 Å². The van der Waals surface area contributed by atoms with E-state index in [0.29, 0.717) is 5.78 Å². The molecule has 0 amide bonds. The summed E-state index contributed by atoms with van der Waals surface area (Å²) in [5.74, 6) is 0.614. The summed E-state index contributed by atoms with van der Waals surface area (Å²) < 4.78 is 0. The predicted molar refractivity (Wildman–Crippen MR) is 81.4 cm³/mol. The average Bonchev–Trinajstić information content (AvgIpc) is 2.35. The van der Waals surface area contributed by atoms with E-state index in [2.05, 4.69) is 26.5 Å². The number of carbonyl (C=O) groups is 1. The Labute approximate surface area is 110 Å². The number of nitrogens with two attached hydrogens (primary N) is 1. The molecule has 0 heterocycles. The zero-order valence-electron chi connectivity index (χ0n) is 13.6. The van der Waals surface area contributed by atoms with Crippen LogP contribution < -0.4 is 5.73 Å². The molecule has 0 fully saturated rings. The van der Waals surface area contributed by atoms with Crippen molar-refractivity contribution in [3.8, 4) is 0 Å². The predicted octanol–water partition coefficient (Wildman–Crippen LogP) is 4.81. The van der Waals surface area contributed by atoms with Crippen molar-refractivity contribution in [3.05, 3.63) is 0 Å². The van der Waals surface area contributed by atoms with Crippen LogP contribution in [-0.4, -0.2) is 12.8 Å². The molecular weight excluding hydrogens is 210 g/mol. The molecule has 0 rings (SSSR count). The largest absolute Gasteiger partial charge is 0.333 e. The Morgan fingerprint density at radius 3 is 1.65 bits per heavy atom. The van der Waals surface area contributed by atoms with Crippen molar-refractivity contribution in [2.45, 2.75) is 80.6 Å². The van der Waals surface area contributed by atoms with E-state index in [1.807, 2.05) is 20.8 Å². The smallest absolute Gasteiger partial charge is 0.132 e. The minimum absolute atomic E-state index is 0.284. The third-order valence-electron chi connectivity index (χ3n) is 1.93. The molecule has 2 N–H and O–H groups in total. The minimum Gasteiger partial charge on any atom is -0.333 e. The van der Waals surface area contributed by atoms with Crippen molar-refractivity contribution >= 4 is 5.78 Å². The molecular formula is C15H37NO. The summed E-state index contributed by atoms with van der Waals surface area (Å²) in [5, 5.41) is 0. The molecule has 0 aliphatic rings. The summed E-state index contributed by atoms with van der Waals surface area (Å²) in [7, 11) is 1.50. The van der Waals surface area contributed by atoms with E-state index < -0.39 is 0 Å². The van der Waals surface area contributed by atoms with E-state index in [9.17, 15) is 4.79 Å². The van der Waals surface area contributed by atoms with Crippen LogP contribution in [0.4, 0.5) is 0 Å². The minimum atomic E-state index is 0.284. The summed E-state index contributed by atoms with van der Waals surface area (Å²) in [5.41, 5.74) is 4.50. The summed E-state index contributed by atoms with van der Waals surface area (Å²) in [6, 6.07) is 0. The van der Waals surface area contributed by atoms with E-state index in [1.54, 1.807) is 6.92 Å². The molecule has 1 atom stereocenters. The second-order valence-corrected chi connectivity index (χ2v) is 3.71. The highest BCUT2D eigenvalue weighted by Crippen LogP contribution is 2.09. The van der Waals surface area contributed by atoms with Gasteiger partial charge in [0.25, 0.3) is 0 Å². The monoisotopic (exact) mass is 247 g/mol. The lowest BCUT2D eigenvalue weighted by molar-refractivity contribution is -0.120. The van der Waals surface area contributed by atoms with Crippen LogP contribution in [0.1, 0.15) is 80.6 Å². The maximum absolute atomic E-state index is 10.7. The van der Waals surface area contributed by atoms with Crippen LogP contribution in [0.2, 0.25) is 0 Å². The maximum Gasteiger partial charge on any atom is 0.132 e. The van der Waals surface area contributed by atoms with Crippen LogP contribution in [-0.2, 0) is 4.79 Å². The van der Waals surface area contributed by atoms with Crippen LogP contribution in [0.25, 0.3) is 0 Å². The van der Waals surface area contributed by atoms with E-state index in [0.717, 1.165) is 6.42 Å². The highest BCUT2D eigenvalue weighted by molar-refractivity contribution is 5.77. The third kappa shape index (κ3) is 39.0. The van der Waals surface area contributed by atoms with Gasteiger partial charge < -0.3 is 5.73 Å². The number of hydrogen-bond acceptors (Lipinski definition) is 2. The quantitative estimate of drug-likeness (QED) is 0.708. The number of rotatable bonds is 5. The van der Waals surface area contributed by atoms with Gasteiger partial charge >= 0.3 is 0 Å². The second kappa shape index (κ2) is 29.6. The molecule has 0 bridgehead atoms. The van der Waals surface area contributed by atoms with Gasteiger partial charge in [0.1, 0.15) is 5.78 Å². The molecule has 0 spiro atoms. The topological polar surface area (TPSA) is 43.1 Å². The van der Waals surface area contributed by atoms with Gasteiger partial charge in [-0.25, -0.2) is 0 Å². The van der Waals surface area contributed by atoms with Crippen molar-refractivity contribution < 1.29 is 4.79 Å². The Morgan fingerprint density at radius 2 is 1.41 bits per heavy atom. The van der Waals surface area contributed by atoms with Gasteiger partial charge in [-0.2, -0.15) is 0 Å². The Hall–Kier alpha value is -0.370. The van der Waals surface area contributed by atoms with Gasteiger partial charge in [0.2, 0.25) is 0 Å². The van der Waals surface area contributed by atoms with Crippen LogP contribution in [0.5, 0.6) is 0 Å². The van der Waals surface area contributed by atoms with Crippen molar-refractivity contribution in [1.82, 2.24) is 0 Å². The van der Waals surface area contributed by atoms with E-state index in [-0.39, 0.29) is 5.92 Å². The van der Waals surface area contributed by atoms with Crippen molar-refractivity contribution in [3.63, 3.8) is 0 Å². The van der Waals surface area contributed by atoms with Gasteiger partial charge in [0.15, 0.2) is 0 Å². The van der Waals surface area contributed by atoms with Crippen molar-refractivity contribution in [2.24, 2.45) is 11.7 Å². The Morgan fingerprint density at radius 1 is 1.06 bits per heavy atom. The van der Waals surface area contributed by atoms with Crippen molar-refractivity contribution in [2.75, 3.05) is 7.05 Å². The van der Waals surface area contributed by atoms with Gasteiger partial charge in [0, 0.05) is 5.92 Å². The molecule has 0 aromatic heterocycles. The fraction of sp³-hybridized carbons (Fsp3) is 0.933. The third-order valence-corrected chi connectivity index (χ3v) is 1.93. The number of carbonyl (C=O) groups excluding carboxylic acids is 1. The Kier molecular flexibility index (Phi) is 44.4. The molecule has 1 unspecified atom stereocenters. The fourth-order valence-corrected chi connectivity index (χ4v) is 0.904. The molecule has 0 aliphatic heterocycles. The molecule has 0 radical (unpaired) electrons. The maximum atomic E-state index is 10.7. The highest BCUT2D eigenvalue weighted by atomic mass is 16.1. The number of Topliss-reactive ketones (excluding diaryl/α,β-unsaturated/α-hetero) is 1. The normalized spacial score (nSPS) is 9.47. The Bertz CT molecular complexity index is 113. The van der Waals surface area contributed by atoms with Crippen LogP contribution in [0.15, 0.2) is 0 Å². The van der Waals surface area contributed by atoms with Crippen LogP contribution in [0.3, 0.4) is 0 Å². The Balaban J connectivity index is -0.000000102. The first-order chi connectivity index (χ1) is 8.09. The van der Waals surface area contributed by atoms with Crippen LogP contribution in [0, 0.1) is 5.92 Å². The summed E-state index contributed by atoms with van der Waals surface area (Å²) in [6.07, 6.45) is 6.03. The lowest BCUT2D eigenvalue weighted by Gasteiger charge is -2.04. The first-order valence-corrected chi connectivity index (χ1v) is 7.18. The average molecular weight is 247 g/mol. The molecule has 108 valence electrons. The standard InChI is InChI=1S/C9H18O.C3H8.C2H6.CH5N/c1-4-5-6-7-8(2)9(3)10;1-3-2;2*1-2/h8H,4-7H2,1-3H3;3H2,1-2H3;1-2H3;2H2,1H3. The van der Waals surface area contributed by atoms with E-state index >= 15 is 0 Å². The molecule has 0 saturated carbocycles. The van der Waals surface area contributed by atoms with E-state index in [1.165, 1.54) is 32.7 Å². The second-order valence-electron chi connectivity index (χ2n) is 3.71. The zero-order valence-corrected chi connectivity index (χ0v) is 13.6. The van der Waals surface area contributed by atoms with Crippen LogP contribution >= 0.6 is 0 Å². The molecule has 2 nitrogen and oxygen atoms in total. The summed E-state index contributed by atoms with van der Waals surface area (Å²) >= 11 is 0.